The third-order valence-electron chi connectivity index (χ3n) is 2.65. The molecule has 0 heterocycles. The molecule has 0 unspecified atom stereocenters. The van der Waals surface area contributed by atoms with E-state index in [1.807, 2.05) is 13.8 Å². The van der Waals surface area contributed by atoms with Crippen molar-refractivity contribution in [1.29, 1.82) is 0 Å². The van der Waals surface area contributed by atoms with Gasteiger partial charge in [-0.15, -0.1) is 0 Å². The number of esters is 1. The Morgan fingerprint density at radius 3 is 2.61 bits per heavy atom. The number of ether oxygens (including phenoxy) is 2. The van der Waals surface area contributed by atoms with E-state index < -0.39 is 0 Å². The van der Waals surface area contributed by atoms with Crippen LogP contribution < -0.4 is 5.73 Å². The second kappa shape index (κ2) is 6.20. The summed E-state index contributed by atoms with van der Waals surface area (Å²) in [6.45, 7) is 4.20. The normalized spacial score (nSPS) is 11.3. The van der Waals surface area contributed by atoms with Crippen LogP contribution in [0.1, 0.15) is 30.6 Å². The van der Waals surface area contributed by atoms with Crippen molar-refractivity contribution in [1.82, 2.24) is 0 Å². The first-order chi connectivity index (χ1) is 8.34. The highest BCUT2D eigenvalue weighted by atomic mass is 79.9. The molecule has 1 aromatic rings. The van der Waals surface area contributed by atoms with E-state index in [-0.39, 0.29) is 11.6 Å². The molecule has 0 bridgehead atoms. The third kappa shape index (κ3) is 4.66. The summed E-state index contributed by atoms with van der Waals surface area (Å²) in [5, 5.41) is 0. The number of methoxy groups -OCH3 is 1. The fourth-order valence-corrected chi connectivity index (χ4v) is 1.82. The second-order valence-corrected chi connectivity index (χ2v) is 5.54. The molecule has 0 atom stereocenters. The number of nitrogens with two attached hydrogens (primary N) is 1. The van der Waals surface area contributed by atoms with Gasteiger partial charge < -0.3 is 15.2 Å². The molecule has 0 amide bonds. The van der Waals surface area contributed by atoms with E-state index >= 15 is 0 Å². The average molecular weight is 316 g/mol. The first-order valence-electron chi connectivity index (χ1n) is 5.62. The SMILES string of the molecule is COC(C)(C)CCOC(=O)c1cc(N)cc(Br)c1. The average Bonchev–Trinajstić information content (AvgIpc) is 2.27. The van der Waals surface area contributed by atoms with Crippen LogP contribution in [0.5, 0.6) is 0 Å². The molecule has 0 saturated carbocycles. The van der Waals surface area contributed by atoms with Crippen LogP contribution >= 0.6 is 15.9 Å². The molecule has 0 aliphatic heterocycles. The van der Waals surface area contributed by atoms with Gasteiger partial charge in [0.25, 0.3) is 0 Å². The van der Waals surface area contributed by atoms with Crippen molar-refractivity contribution in [3.63, 3.8) is 0 Å². The van der Waals surface area contributed by atoms with E-state index in [2.05, 4.69) is 15.9 Å². The predicted octanol–water partition coefficient (Wildman–Crippen LogP) is 3.00. The van der Waals surface area contributed by atoms with Crippen molar-refractivity contribution >= 4 is 27.6 Å². The van der Waals surface area contributed by atoms with Crippen molar-refractivity contribution in [3.05, 3.63) is 28.2 Å². The highest BCUT2D eigenvalue weighted by Gasteiger charge is 2.17. The van der Waals surface area contributed by atoms with Crippen molar-refractivity contribution in [2.24, 2.45) is 0 Å². The molecule has 100 valence electrons. The number of hydrogen-bond donors (Lipinski definition) is 1. The fraction of sp³-hybridized carbons (Fsp3) is 0.462. The van der Waals surface area contributed by atoms with Gasteiger partial charge in [-0.1, -0.05) is 15.9 Å². The third-order valence-corrected chi connectivity index (χ3v) is 3.10. The van der Waals surface area contributed by atoms with Gasteiger partial charge in [0.05, 0.1) is 17.8 Å². The highest BCUT2D eigenvalue weighted by Crippen LogP contribution is 2.18. The van der Waals surface area contributed by atoms with Crippen LogP contribution in [0.15, 0.2) is 22.7 Å². The van der Waals surface area contributed by atoms with Crippen LogP contribution in [0.4, 0.5) is 5.69 Å². The van der Waals surface area contributed by atoms with Gasteiger partial charge in [0.15, 0.2) is 0 Å². The molecule has 0 aliphatic carbocycles. The lowest BCUT2D eigenvalue weighted by Gasteiger charge is -2.22. The molecule has 5 heteroatoms. The van der Waals surface area contributed by atoms with Crippen LogP contribution in [-0.2, 0) is 9.47 Å². The Bertz CT molecular complexity index is 412. The molecule has 0 aliphatic rings. The van der Waals surface area contributed by atoms with E-state index in [0.29, 0.717) is 24.3 Å². The van der Waals surface area contributed by atoms with Crippen molar-refractivity contribution in [2.45, 2.75) is 25.9 Å². The summed E-state index contributed by atoms with van der Waals surface area (Å²) in [5.74, 6) is -0.380. The van der Waals surface area contributed by atoms with Gasteiger partial charge in [0.1, 0.15) is 0 Å². The molecule has 0 fully saturated rings. The molecule has 18 heavy (non-hydrogen) atoms. The van der Waals surface area contributed by atoms with Crippen molar-refractivity contribution in [2.75, 3.05) is 19.5 Å². The number of hydrogen-bond acceptors (Lipinski definition) is 4. The molecule has 0 aromatic heterocycles. The maximum atomic E-state index is 11.8. The minimum Gasteiger partial charge on any atom is -0.462 e. The van der Waals surface area contributed by atoms with Crippen LogP contribution in [0, 0.1) is 0 Å². The highest BCUT2D eigenvalue weighted by molar-refractivity contribution is 9.10. The zero-order valence-electron chi connectivity index (χ0n) is 10.8. The Labute approximate surface area is 116 Å². The van der Waals surface area contributed by atoms with Gasteiger partial charge in [-0.2, -0.15) is 0 Å². The standard InChI is InChI=1S/C13H18BrNO3/c1-13(2,17-3)4-5-18-12(16)9-6-10(14)8-11(15)7-9/h6-8H,4-5,15H2,1-3H3. The maximum Gasteiger partial charge on any atom is 0.338 e. The van der Waals surface area contributed by atoms with Gasteiger partial charge in [-0.05, 0) is 32.0 Å². The van der Waals surface area contributed by atoms with Crippen LogP contribution in [0.25, 0.3) is 0 Å². The topological polar surface area (TPSA) is 61.5 Å². The van der Waals surface area contributed by atoms with Crippen LogP contribution in [0.3, 0.4) is 0 Å². The smallest absolute Gasteiger partial charge is 0.338 e. The number of halogens is 1. The molecule has 1 rings (SSSR count). The molecule has 1 aromatic carbocycles. The summed E-state index contributed by atoms with van der Waals surface area (Å²) >= 11 is 3.28. The van der Waals surface area contributed by atoms with Gasteiger partial charge in [0.2, 0.25) is 0 Å². The van der Waals surface area contributed by atoms with Crippen LogP contribution in [0.2, 0.25) is 0 Å². The molecule has 4 nitrogen and oxygen atoms in total. The minimum atomic E-state index is -0.380. The number of anilines is 1. The predicted molar refractivity (Wildman–Crippen MR) is 74.5 cm³/mol. The zero-order chi connectivity index (χ0) is 13.8. The van der Waals surface area contributed by atoms with E-state index in [4.69, 9.17) is 15.2 Å². The lowest BCUT2D eigenvalue weighted by atomic mass is 10.1. The summed E-state index contributed by atoms with van der Waals surface area (Å²) < 4.78 is 11.2. The lowest BCUT2D eigenvalue weighted by Crippen LogP contribution is -2.25. The number of carbonyl (C=O) groups excluding carboxylic acids is 1. The molecular weight excluding hydrogens is 298 g/mol. The number of nitrogen functional groups attached to an aromatic ring is 1. The summed E-state index contributed by atoms with van der Waals surface area (Å²) in [6, 6.07) is 5.00. The van der Waals surface area contributed by atoms with Gasteiger partial charge in [0, 0.05) is 23.7 Å². The van der Waals surface area contributed by atoms with Crippen LogP contribution in [-0.4, -0.2) is 25.3 Å². The Kier molecular flexibility index (Phi) is 5.16. The summed E-state index contributed by atoms with van der Waals surface area (Å²) in [7, 11) is 1.64. The number of benzene rings is 1. The number of rotatable bonds is 5. The molecule has 2 N–H and O–H groups in total. The summed E-state index contributed by atoms with van der Waals surface area (Å²) in [6.07, 6.45) is 0.638. The first kappa shape index (κ1) is 15.0. The van der Waals surface area contributed by atoms with E-state index in [1.54, 1.807) is 25.3 Å². The monoisotopic (exact) mass is 315 g/mol. The van der Waals surface area contributed by atoms with E-state index in [9.17, 15) is 4.79 Å². The summed E-state index contributed by atoms with van der Waals surface area (Å²) in [5.41, 5.74) is 6.33. The van der Waals surface area contributed by atoms with Gasteiger partial charge in [-0.3, -0.25) is 0 Å². The molecule has 0 radical (unpaired) electrons. The molecular formula is C13H18BrNO3. The van der Waals surface area contributed by atoms with Gasteiger partial charge >= 0.3 is 5.97 Å². The number of carbonyl (C=O) groups is 1. The lowest BCUT2D eigenvalue weighted by molar-refractivity contribution is -0.00563. The zero-order valence-corrected chi connectivity index (χ0v) is 12.4. The van der Waals surface area contributed by atoms with E-state index in [0.717, 1.165) is 4.47 Å². The second-order valence-electron chi connectivity index (χ2n) is 4.62. The Balaban J connectivity index is 2.56. The van der Waals surface area contributed by atoms with Crippen molar-refractivity contribution < 1.29 is 14.3 Å². The Hall–Kier alpha value is -1.07. The van der Waals surface area contributed by atoms with E-state index in [1.165, 1.54) is 0 Å². The maximum absolute atomic E-state index is 11.8. The Morgan fingerprint density at radius 2 is 2.06 bits per heavy atom. The van der Waals surface area contributed by atoms with Crippen molar-refractivity contribution in [3.8, 4) is 0 Å². The largest absolute Gasteiger partial charge is 0.462 e. The molecule has 0 spiro atoms. The fourth-order valence-electron chi connectivity index (χ4n) is 1.31. The Morgan fingerprint density at radius 1 is 1.39 bits per heavy atom. The van der Waals surface area contributed by atoms with Gasteiger partial charge in [-0.25, -0.2) is 4.79 Å². The minimum absolute atomic E-state index is 0.295. The summed E-state index contributed by atoms with van der Waals surface area (Å²) in [4.78, 5) is 11.8. The quantitative estimate of drug-likeness (QED) is 0.670. The molecule has 0 saturated heterocycles. The first-order valence-corrected chi connectivity index (χ1v) is 6.42.